The average molecular weight is 228 g/mol. The van der Waals surface area contributed by atoms with Gasteiger partial charge in [0.1, 0.15) is 0 Å². The third-order valence-corrected chi connectivity index (χ3v) is 2.66. The number of aromatic nitrogens is 1. The second-order valence-corrected chi connectivity index (χ2v) is 5.51. The third-order valence-electron chi connectivity index (χ3n) is 2.66. The summed E-state index contributed by atoms with van der Waals surface area (Å²) in [6, 6.07) is 8.41. The van der Waals surface area contributed by atoms with E-state index in [9.17, 15) is 0 Å². The molecule has 0 fully saturated rings. The highest BCUT2D eigenvalue weighted by Gasteiger charge is 2.05. The summed E-state index contributed by atoms with van der Waals surface area (Å²) in [4.78, 5) is 7.78. The maximum absolute atomic E-state index is 4.49. The molecule has 0 aliphatic carbocycles. The first-order chi connectivity index (χ1) is 8.06. The Bertz CT molecular complexity index is 515. The van der Waals surface area contributed by atoms with Crippen molar-refractivity contribution in [3.05, 3.63) is 36.0 Å². The van der Waals surface area contributed by atoms with Gasteiger partial charge in [-0.25, -0.2) is 0 Å². The second kappa shape index (κ2) is 4.74. The molecule has 0 saturated carbocycles. The largest absolute Gasteiger partial charge is 0.361 e. The Hall–Kier alpha value is -1.57. The molecule has 1 heterocycles. The van der Waals surface area contributed by atoms with Crippen molar-refractivity contribution in [3.63, 3.8) is 0 Å². The van der Waals surface area contributed by atoms with E-state index in [1.165, 1.54) is 16.5 Å². The molecular formula is C15H20N2. The SMILES string of the molecule is CC(C)(C)C=NCCc1c[nH]c2ccccc12. The van der Waals surface area contributed by atoms with Crippen LogP contribution in [-0.2, 0) is 6.42 Å². The fraction of sp³-hybridized carbons (Fsp3) is 0.400. The first-order valence-corrected chi connectivity index (χ1v) is 6.12. The number of nitrogens with zero attached hydrogens (tertiary/aromatic N) is 1. The highest BCUT2D eigenvalue weighted by molar-refractivity contribution is 5.83. The Morgan fingerprint density at radius 1 is 1.24 bits per heavy atom. The Kier molecular flexibility index (Phi) is 3.32. The van der Waals surface area contributed by atoms with Crippen molar-refractivity contribution >= 4 is 17.1 Å². The molecule has 2 aromatic rings. The van der Waals surface area contributed by atoms with Crippen molar-refractivity contribution in [2.75, 3.05) is 6.54 Å². The smallest absolute Gasteiger partial charge is 0.0456 e. The Balaban J connectivity index is 2.02. The van der Waals surface area contributed by atoms with E-state index in [2.05, 4.69) is 61.2 Å². The summed E-state index contributed by atoms with van der Waals surface area (Å²) < 4.78 is 0. The third kappa shape index (κ3) is 3.19. The Morgan fingerprint density at radius 2 is 2.00 bits per heavy atom. The fourth-order valence-electron chi connectivity index (χ4n) is 1.86. The molecule has 90 valence electrons. The number of benzene rings is 1. The number of hydrogen-bond acceptors (Lipinski definition) is 1. The lowest BCUT2D eigenvalue weighted by Crippen LogP contribution is -2.06. The van der Waals surface area contributed by atoms with Gasteiger partial charge in [-0.1, -0.05) is 39.0 Å². The Morgan fingerprint density at radius 3 is 2.76 bits per heavy atom. The summed E-state index contributed by atoms with van der Waals surface area (Å²) in [6.07, 6.45) is 5.13. The van der Waals surface area contributed by atoms with E-state index in [1.807, 2.05) is 6.21 Å². The molecule has 0 aliphatic rings. The number of aliphatic imine (C=N–C) groups is 1. The van der Waals surface area contributed by atoms with Crippen molar-refractivity contribution in [1.82, 2.24) is 4.98 Å². The van der Waals surface area contributed by atoms with Gasteiger partial charge in [-0.05, 0) is 23.5 Å². The van der Waals surface area contributed by atoms with Gasteiger partial charge in [-0.15, -0.1) is 0 Å². The van der Waals surface area contributed by atoms with Gasteiger partial charge >= 0.3 is 0 Å². The van der Waals surface area contributed by atoms with Crippen LogP contribution in [0.15, 0.2) is 35.5 Å². The van der Waals surface area contributed by atoms with E-state index in [0.717, 1.165) is 13.0 Å². The van der Waals surface area contributed by atoms with Crippen molar-refractivity contribution in [2.45, 2.75) is 27.2 Å². The molecule has 0 atom stereocenters. The summed E-state index contributed by atoms with van der Waals surface area (Å²) in [6.45, 7) is 7.37. The highest BCUT2D eigenvalue weighted by Crippen LogP contribution is 2.18. The first-order valence-electron chi connectivity index (χ1n) is 6.12. The van der Waals surface area contributed by atoms with Crippen LogP contribution in [0.4, 0.5) is 0 Å². The van der Waals surface area contributed by atoms with Crippen LogP contribution in [0.25, 0.3) is 10.9 Å². The molecule has 0 unspecified atom stereocenters. The molecule has 0 aliphatic heterocycles. The van der Waals surface area contributed by atoms with Crippen LogP contribution in [0.3, 0.4) is 0 Å². The van der Waals surface area contributed by atoms with Crippen LogP contribution < -0.4 is 0 Å². The monoisotopic (exact) mass is 228 g/mol. The van der Waals surface area contributed by atoms with Crippen molar-refractivity contribution in [1.29, 1.82) is 0 Å². The zero-order chi connectivity index (χ0) is 12.3. The summed E-state index contributed by atoms with van der Waals surface area (Å²) in [5.74, 6) is 0. The number of H-pyrrole nitrogens is 1. The minimum absolute atomic E-state index is 0.181. The number of nitrogens with one attached hydrogen (secondary N) is 1. The van der Waals surface area contributed by atoms with Gasteiger partial charge in [0.05, 0.1) is 0 Å². The van der Waals surface area contributed by atoms with Crippen LogP contribution in [0, 0.1) is 5.41 Å². The second-order valence-electron chi connectivity index (χ2n) is 5.51. The van der Waals surface area contributed by atoms with Crippen molar-refractivity contribution in [2.24, 2.45) is 10.4 Å². The molecule has 0 bridgehead atoms. The molecule has 1 aromatic carbocycles. The summed E-state index contributed by atoms with van der Waals surface area (Å²) in [5, 5.41) is 1.32. The molecule has 0 radical (unpaired) electrons. The van der Waals surface area contributed by atoms with Gasteiger partial charge in [0.15, 0.2) is 0 Å². The van der Waals surface area contributed by atoms with E-state index < -0.39 is 0 Å². The van der Waals surface area contributed by atoms with E-state index in [4.69, 9.17) is 0 Å². The maximum atomic E-state index is 4.49. The number of rotatable bonds is 3. The molecule has 1 N–H and O–H groups in total. The molecule has 2 rings (SSSR count). The topological polar surface area (TPSA) is 28.1 Å². The molecule has 0 amide bonds. The number of aromatic amines is 1. The Labute approximate surface area is 103 Å². The van der Waals surface area contributed by atoms with Crippen LogP contribution in [-0.4, -0.2) is 17.7 Å². The standard InChI is InChI=1S/C15H20N2/c1-15(2,3)11-16-9-8-12-10-17-14-7-5-4-6-13(12)14/h4-7,10-11,17H,8-9H2,1-3H3. The molecule has 1 aromatic heterocycles. The first kappa shape index (κ1) is 11.9. The normalized spacial score (nSPS) is 12.6. The minimum atomic E-state index is 0.181. The number of para-hydroxylation sites is 1. The lowest BCUT2D eigenvalue weighted by atomic mass is 9.99. The van der Waals surface area contributed by atoms with Crippen LogP contribution in [0.1, 0.15) is 26.3 Å². The zero-order valence-electron chi connectivity index (χ0n) is 10.8. The van der Waals surface area contributed by atoms with E-state index in [-0.39, 0.29) is 5.41 Å². The van der Waals surface area contributed by atoms with E-state index >= 15 is 0 Å². The fourth-order valence-corrected chi connectivity index (χ4v) is 1.86. The van der Waals surface area contributed by atoms with Gasteiger partial charge in [0.2, 0.25) is 0 Å². The minimum Gasteiger partial charge on any atom is -0.361 e. The van der Waals surface area contributed by atoms with Gasteiger partial charge in [0, 0.05) is 29.9 Å². The number of hydrogen-bond donors (Lipinski definition) is 1. The highest BCUT2D eigenvalue weighted by atomic mass is 14.7. The van der Waals surface area contributed by atoms with E-state index in [0.29, 0.717) is 0 Å². The van der Waals surface area contributed by atoms with Gasteiger partial charge in [-0.2, -0.15) is 0 Å². The van der Waals surface area contributed by atoms with Crippen molar-refractivity contribution < 1.29 is 0 Å². The average Bonchev–Trinajstić information content (AvgIpc) is 2.67. The van der Waals surface area contributed by atoms with Crippen LogP contribution in [0.2, 0.25) is 0 Å². The van der Waals surface area contributed by atoms with Crippen LogP contribution >= 0.6 is 0 Å². The quantitative estimate of drug-likeness (QED) is 0.773. The summed E-state index contributed by atoms with van der Waals surface area (Å²) in [7, 11) is 0. The van der Waals surface area contributed by atoms with Gasteiger partial charge in [-0.3, -0.25) is 4.99 Å². The summed E-state index contributed by atoms with van der Waals surface area (Å²) >= 11 is 0. The lowest BCUT2D eigenvalue weighted by molar-refractivity contribution is 0.604. The predicted octanol–water partition coefficient (Wildman–Crippen LogP) is 3.83. The maximum Gasteiger partial charge on any atom is 0.0456 e. The molecule has 2 nitrogen and oxygen atoms in total. The van der Waals surface area contributed by atoms with Gasteiger partial charge in [0.25, 0.3) is 0 Å². The van der Waals surface area contributed by atoms with Crippen molar-refractivity contribution in [3.8, 4) is 0 Å². The molecular weight excluding hydrogens is 208 g/mol. The lowest BCUT2D eigenvalue weighted by Gasteiger charge is -2.09. The predicted molar refractivity (Wildman–Crippen MR) is 74.8 cm³/mol. The molecule has 0 saturated heterocycles. The van der Waals surface area contributed by atoms with Gasteiger partial charge < -0.3 is 4.98 Å². The molecule has 0 spiro atoms. The zero-order valence-corrected chi connectivity index (χ0v) is 10.8. The van der Waals surface area contributed by atoms with E-state index in [1.54, 1.807) is 0 Å². The number of fused-ring (bicyclic) bond motifs is 1. The molecule has 2 heteroatoms. The molecule has 17 heavy (non-hydrogen) atoms. The summed E-state index contributed by atoms with van der Waals surface area (Å²) in [5.41, 5.74) is 2.74. The van der Waals surface area contributed by atoms with Crippen LogP contribution in [0.5, 0.6) is 0 Å².